The summed E-state index contributed by atoms with van der Waals surface area (Å²) in [6.45, 7) is 9.66. The topological polar surface area (TPSA) is 51.2 Å². The van der Waals surface area contributed by atoms with E-state index in [4.69, 9.17) is 14.0 Å². The first-order chi connectivity index (χ1) is 11.8. The van der Waals surface area contributed by atoms with Crippen LogP contribution in [0.2, 0.25) is 0 Å². The highest BCUT2D eigenvalue weighted by Crippen LogP contribution is 2.37. The Hall–Kier alpha value is -1.08. The highest BCUT2D eigenvalue weighted by molar-refractivity contribution is 6.62. The molecule has 0 aromatic heterocycles. The van der Waals surface area contributed by atoms with Crippen molar-refractivity contribution in [3.63, 3.8) is 0 Å². The molecule has 0 spiro atoms. The molecule has 2 bridgehead atoms. The average molecular weight is 345 g/mol. The summed E-state index contributed by atoms with van der Waals surface area (Å²) in [5, 5.41) is 10.1. The summed E-state index contributed by atoms with van der Waals surface area (Å²) < 4.78 is 18.0. The molecule has 4 rings (SSSR count). The van der Waals surface area contributed by atoms with Crippen LogP contribution in [0.15, 0.2) is 24.3 Å². The lowest BCUT2D eigenvalue weighted by atomic mass is 9.79. The highest BCUT2D eigenvalue weighted by atomic mass is 16.7. The van der Waals surface area contributed by atoms with Gasteiger partial charge in [0, 0.05) is 5.69 Å². The van der Waals surface area contributed by atoms with Gasteiger partial charge in [-0.3, -0.25) is 0 Å². The van der Waals surface area contributed by atoms with Crippen molar-refractivity contribution in [2.24, 2.45) is 0 Å². The molecule has 3 heterocycles. The van der Waals surface area contributed by atoms with E-state index in [1.807, 2.05) is 0 Å². The predicted octanol–water partition coefficient (Wildman–Crippen LogP) is 1.71. The minimum Gasteiger partial charge on any atom is -0.399 e. The third-order valence-corrected chi connectivity index (χ3v) is 6.21. The van der Waals surface area contributed by atoms with Crippen LogP contribution in [0, 0.1) is 0 Å². The van der Waals surface area contributed by atoms with E-state index in [0.29, 0.717) is 13.2 Å². The Labute approximate surface area is 150 Å². The second-order valence-electron chi connectivity index (χ2n) is 8.56. The number of aliphatic hydroxyl groups excluding tert-OH is 1. The lowest BCUT2D eigenvalue weighted by Gasteiger charge is -2.48. The summed E-state index contributed by atoms with van der Waals surface area (Å²) in [6.07, 6.45) is 1.34. The van der Waals surface area contributed by atoms with Gasteiger partial charge in [-0.05, 0) is 58.1 Å². The summed E-state index contributed by atoms with van der Waals surface area (Å²) >= 11 is 0. The van der Waals surface area contributed by atoms with Crippen LogP contribution in [0.3, 0.4) is 0 Å². The number of fused-ring (bicyclic) bond motifs is 2. The van der Waals surface area contributed by atoms with Crippen molar-refractivity contribution in [3.05, 3.63) is 24.3 Å². The maximum Gasteiger partial charge on any atom is 0.494 e. The first-order valence-electron chi connectivity index (χ1n) is 9.26. The Kier molecular flexibility index (Phi) is 4.15. The van der Waals surface area contributed by atoms with Crippen LogP contribution in [-0.2, 0) is 14.0 Å². The zero-order valence-corrected chi connectivity index (χ0v) is 15.6. The molecule has 25 heavy (non-hydrogen) atoms. The first-order valence-corrected chi connectivity index (χ1v) is 9.26. The number of rotatable bonds is 2. The van der Waals surface area contributed by atoms with Crippen molar-refractivity contribution in [2.75, 3.05) is 18.1 Å². The van der Waals surface area contributed by atoms with E-state index in [0.717, 1.165) is 18.3 Å². The van der Waals surface area contributed by atoms with Gasteiger partial charge in [0.05, 0.1) is 42.6 Å². The molecule has 3 saturated heterocycles. The molecule has 0 aliphatic carbocycles. The molecule has 1 aromatic carbocycles. The molecule has 1 N–H and O–H groups in total. The maximum absolute atomic E-state index is 10.1. The number of piperidine rings is 1. The smallest absolute Gasteiger partial charge is 0.399 e. The highest BCUT2D eigenvalue weighted by Gasteiger charge is 2.51. The maximum atomic E-state index is 10.1. The number of hydrogen-bond acceptors (Lipinski definition) is 5. The van der Waals surface area contributed by atoms with Crippen LogP contribution in [0.1, 0.15) is 40.5 Å². The summed E-state index contributed by atoms with van der Waals surface area (Å²) in [6, 6.07) is 8.99. The third-order valence-electron chi connectivity index (χ3n) is 6.21. The largest absolute Gasteiger partial charge is 0.494 e. The molecule has 3 aliphatic heterocycles. The zero-order chi connectivity index (χ0) is 17.8. The molecule has 3 fully saturated rings. The van der Waals surface area contributed by atoms with Crippen LogP contribution in [-0.4, -0.2) is 54.8 Å². The molecule has 0 saturated carbocycles. The minimum absolute atomic E-state index is 0.209. The van der Waals surface area contributed by atoms with Gasteiger partial charge in [0.15, 0.2) is 0 Å². The van der Waals surface area contributed by atoms with Crippen molar-refractivity contribution in [2.45, 2.75) is 69.9 Å². The van der Waals surface area contributed by atoms with Crippen LogP contribution in [0.4, 0.5) is 5.69 Å². The standard InChI is InChI=1S/C19H28BNO4/c1-18(2)19(3,4)25-20(24-18)13-5-7-14(8-6-13)21-15-9-17(22)10-16(21)12-23-11-15/h5-8,15-17,22H,9-12H2,1-4H3/t15-,16+,17?. The van der Waals surface area contributed by atoms with Crippen LogP contribution >= 0.6 is 0 Å². The lowest BCUT2D eigenvalue weighted by Crippen LogP contribution is -2.58. The van der Waals surface area contributed by atoms with Gasteiger partial charge in [-0.15, -0.1) is 0 Å². The Morgan fingerprint density at radius 1 is 0.960 bits per heavy atom. The van der Waals surface area contributed by atoms with Gasteiger partial charge in [-0.2, -0.15) is 0 Å². The zero-order valence-electron chi connectivity index (χ0n) is 15.6. The van der Waals surface area contributed by atoms with E-state index in [9.17, 15) is 5.11 Å². The number of benzene rings is 1. The van der Waals surface area contributed by atoms with E-state index in [1.165, 1.54) is 5.69 Å². The normalized spacial score (nSPS) is 33.6. The molecular formula is C19H28BNO4. The molecule has 3 atom stereocenters. The van der Waals surface area contributed by atoms with Gasteiger partial charge >= 0.3 is 7.12 Å². The number of ether oxygens (including phenoxy) is 1. The molecule has 6 heteroatoms. The monoisotopic (exact) mass is 345 g/mol. The van der Waals surface area contributed by atoms with Crippen molar-refractivity contribution in [3.8, 4) is 0 Å². The fourth-order valence-corrected chi connectivity index (χ4v) is 4.09. The Balaban J connectivity index is 1.53. The minimum atomic E-state index is -0.329. The second-order valence-corrected chi connectivity index (χ2v) is 8.56. The third kappa shape index (κ3) is 2.99. The average Bonchev–Trinajstić information content (AvgIpc) is 2.75. The number of morpholine rings is 1. The summed E-state index contributed by atoms with van der Waals surface area (Å²) in [7, 11) is -0.329. The fraction of sp³-hybridized carbons (Fsp3) is 0.684. The second kappa shape index (κ2) is 5.98. The van der Waals surface area contributed by atoms with Gasteiger partial charge in [-0.1, -0.05) is 12.1 Å². The number of hydrogen-bond donors (Lipinski definition) is 1. The number of nitrogens with zero attached hydrogens (tertiary/aromatic N) is 1. The molecule has 0 amide bonds. The van der Waals surface area contributed by atoms with Crippen molar-refractivity contribution in [1.82, 2.24) is 0 Å². The van der Waals surface area contributed by atoms with E-state index in [2.05, 4.69) is 56.9 Å². The first kappa shape index (κ1) is 17.3. The molecule has 1 unspecified atom stereocenters. The van der Waals surface area contributed by atoms with Crippen molar-refractivity contribution < 1.29 is 19.2 Å². The quantitative estimate of drug-likeness (QED) is 0.827. The summed E-state index contributed by atoms with van der Waals surface area (Å²) in [5.41, 5.74) is 1.58. The Morgan fingerprint density at radius 3 is 2.00 bits per heavy atom. The molecular weight excluding hydrogens is 317 g/mol. The van der Waals surface area contributed by atoms with Crippen LogP contribution in [0.25, 0.3) is 0 Å². The van der Waals surface area contributed by atoms with Gasteiger partial charge in [0.25, 0.3) is 0 Å². The number of anilines is 1. The van der Waals surface area contributed by atoms with Crippen LogP contribution in [0.5, 0.6) is 0 Å². The molecule has 0 radical (unpaired) electrons. The van der Waals surface area contributed by atoms with Gasteiger partial charge in [0.1, 0.15) is 0 Å². The Morgan fingerprint density at radius 2 is 1.48 bits per heavy atom. The SMILES string of the molecule is CC1(C)OB(c2ccc(N3[C@@H]4COC[C@H]3CC(O)C4)cc2)OC1(C)C. The lowest BCUT2D eigenvalue weighted by molar-refractivity contribution is 0.00124. The number of aliphatic hydroxyl groups is 1. The molecule has 136 valence electrons. The van der Waals surface area contributed by atoms with E-state index in [1.54, 1.807) is 0 Å². The summed E-state index contributed by atoms with van der Waals surface area (Å²) in [5.74, 6) is 0. The molecule has 1 aromatic rings. The molecule has 5 nitrogen and oxygen atoms in total. The van der Waals surface area contributed by atoms with E-state index >= 15 is 0 Å². The van der Waals surface area contributed by atoms with Crippen LogP contribution < -0.4 is 10.4 Å². The van der Waals surface area contributed by atoms with Crippen molar-refractivity contribution in [1.29, 1.82) is 0 Å². The predicted molar refractivity (Wildman–Crippen MR) is 98.3 cm³/mol. The van der Waals surface area contributed by atoms with Gasteiger partial charge in [0.2, 0.25) is 0 Å². The van der Waals surface area contributed by atoms with Gasteiger partial charge in [-0.25, -0.2) is 0 Å². The van der Waals surface area contributed by atoms with E-state index < -0.39 is 0 Å². The van der Waals surface area contributed by atoms with Crippen molar-refractivity contribution >= 4 is 18.3 Å². The fourth-order valence-electron chi connectivity index (χ4n) is 4.09. The van der Waals surface area contributed by atoms with Gasteiger partial charge < -0.3 is 24.1 Å². The Bertz CT molecular complexity index is 603. The molecule has 3 aliphatic rings. The van der Waals surface area contributed by atoms with E-state index in [-0.39, 0.29) is 36.5 Å². The summed E-state index contributed by atoms with van der Waals surface area (Å²) in [4.78, 5) is 2.42.